The molecule has 0 unspecified atom stereocenters. The highest BCUT2D eigenvalue weighted by Gasteiger charge is 2.34. The summed E-state index contributed by atoms with van der Waals surface area (Å²) in [6, 6.07) is 14.5. The van der Waals surface area contributed by atoms with Crippen LogP contribution in [-0.2, 0) is 6.18 Å². The minimum absolute atomic E-state index is 0.181. The Morgan fingerprint density at radius 1 is 1.04 bits per heavy atom. The lowest BCUT2D eigenvalue weighted by Gasteiger charge is -2.19. The van der Waals surface area contributed by atoms with Crippen LogP contribution in [0, 0.1) is 6.92 Å². The van der Waals surface area contributed by atoms with E-state index in [0.29, 0.717) is 5.69 Å². The summed E-state index contributed by atoms with van der Waals surface area (Å²) in [6.45, 7) is 1.46. The van der Waals surface area contributed by atoms with Gasteiger partial charge in [-0.2, -0.15) is 18.3 Å². The van der Waals surface area contributed by atoms with Crippen LogP contribution in [0.25, 0.3) is 5.69 Å². The number of aryl methyl sites for hydroxylation is 1. The van der Waals surface area contributed by atoms with Gasteiger partial charge in [0.05, 0.1) is 11.3 Å². The van der Waals surface area contributed by atoms with Crippen molar-refractivity contribution in [2.24, 2.45) is 0 Å². The van der Waals surface area contributed by atoms with E-state index in [1.54, 1.807) is 30.3 Å². The van der Waals surface area contributed by atoms with Crippen LogP contribution in [0.2, 0.25) is 0 Å². The van der Waals surface area contributed by atoms with Gasteiger partial charge in [0.25, 0.3) is 5.91 Å². The lowest BCUT2D eigenvalue weighted by atomic mass is 10.1. The molecular weight excluding hydrogens is 371 g/mol. The van der Waals surface area contributed by atoms with Crippen LogP contribution in [0.1, 0.15) is 21.7 Å². The number of carbonyl (C=O) groups is 1. The van der Waals surface area contributed by atoms with Crippen LogP contribution in [0.4, 0.5) is 18.9 Å². The van der Waals surface area contributed by atoms with Crippen LogP contribution in [-0.4, -0.2) is 22.7 Å². The molecule has 3 aromatic rings. The van der Waals surface area contributed by atoms with E-state index < -0.39 is 28.8 Å². The minimum atomic E-state index is -4.61. The second-order valence-corrected chi connectivity index (χ2v) is 6.13. The van der Waals surface area contributed by atoms with Gasteiger partial charge in [-0.1, -0.05) is 30.3 Å². The van der Waals surface area contributed by atoms with Crippen molar-refractivity contribution < 1.29 is 18.0 Å². The molecule has 0 bridgehead atoms. The Morgan fingerprint density at radius 2 is 1.64 bits per heavy atom. The van der Waals surface area contributed by atoms with E-state index >= 15 is 0 Å². The highest BCUT2D eigenvalue weighted by atomic mass is 19.4. The Morgan fingerprint density at radius 3 is 2.29 bits per heavy atom. The number of aromatic nitrogens is 2. The van der Waals surface area contributed by atoms with Crippen molar-refractivity contribution in [1.82, 2.24) is 9.78 Å². The third-order valence-electron chi connectivity index (χ3n) is 4.20. The summed E-state index contributed by atoms with van der Waals surface area (Å²) in [4.78, 5) is 26.3. The standard InChI is InChI=1S/C20H16F3N3O2/c1-13-12-17(27)18(19(28)25(2)14-8-4-3-5-9-14)24-26(13)16-11-7-6-10-15(16)20(21,22)23/h3-12H,1-2H3. The Balaban J connectivity index is 2.13. The van der Waals surface area contributed by atoms with Crippen molar-refractivity contribution in [2.45, 2.75) is 13.1 Å². The largest absolute Gasteiger partial charge is 0.418 e. The van der Waals surface area contributed by atoms with E-state index in [4.69, 9.17) is 0 Å². The molecule has 0 saturated heterocycles. The molecule has 0 saturated carbocycles. The number of benzene rings is 2. The summed E-state index contributed by atoms with van der Waals surface area (Å²) in [5.74, 6) is -0.713. The average molecular weight is 387 g/mol. The van der Waals surface area contributed by atoms with Crippen molar-refractivity contribution in [1.29, 1.82) is 0 Å². The molecule has 1 aromatic heterocycles. The molecule has 0 aliphatic heterocycles. The van der Waals surface area contributed by atoms with Gasteiger partial charge in [-0.15, -0.1) is 0 Å². The quantitative estimate of drug-likeness (QED) is 0.686. The zero-order valence-electron chi connectivity index (χ0n) is 15.1. The normalized spacial score (nSPS) is 11.3. The third kappa shape index (κ3) is 3.66. The predicted octanol–water partition coefficient (Wildman–Crippen LogP) is 3.84. The number of anilines is 1. The van der Waals surface area contributed by atoms with Crippen LogP contribution in [0.15, 0.2) is 65.5 Å². The predicted molar refractivity (Wildman–Crippen MR) is 98.7 cm³/mol. The zero-order chi connectivity index (χ0) is 20.5. The van der Waals surface area contributed by atoms with E-state index in [-0.39, 0.29) is 11.4 Å². The Labute approximate surface area is 158 Å². The molecule has 0 atom stereocenters. The Hall–Kier alpha value is -3.42. The maximum Gasteiger partial charge on any atom is 0.418 e. The number of hydrogen-bond acceptors (Lipinski definition) is 3. The summed E-state index contributed by atoms with van der Waals surface area (Å²) in [7, 11) is 1.46. The van der Waals surface area contributed by atoms with Gasteiger partial charge in [-0.25, -0.2) is 4.68 Å². The topological polar surface area (TPSA) is 55.2 Å². The summed E-state index contributed by atoms with van der Waals surface area (Å²) >= 11 is 0. The van der Waals surface area contributed by atoms with Crippen molar-refractivity contribution >= 4 is 11.6 Å². The molecule has 3 rings (SSSR count). The molecular formula is C20H16F3N3O2. The molecule has 144 valence electrons. The van der Waals surface area contributed by atoms with Gasteiger partial charge >= 0.3 is 6.18 Å². The van der Waals surface area contributed by atoms with Crippen molar-refractivity contribution in [3.63, 3.8) is 0 Å². The molecule has 0 radical (unpaired) electrons. The number of rotatable bonds is 3. The first-order valence-corrected chi connectivity index (χ1v) is 8.31. The molecule has 28 heavy (non-hydrogen) atoms. The highest BCUT2D eigenvalue weighted by Crippen LogP contribution is 2.33. The monoisotopic (exact) mass is 387 g/mol. The number of alkyl halides is 3. The first-order chi connectivity index (χ1) is 13.2. The third-order valence-corrected chi connectivity index (χ3v) is 4.20. The average Bonchev–Trinajstić information content (AvgIpc) is 2.67. The number of nitrogens with zero attached hydrogens (tertiary/aromatic N) is 3. The molecule has 2 aromatic carbocycles. The van der Waals surface area contributed by atoms with Crippen molar-refractivity contribution in [3.05, 3.63) is 87.8 Å². The van der Waals surface area contributed by atoms with Crippen molar-refractivity contribution in [2.75, 3.05) is 11.9 Å². The van der Waals surface area contributed by atoms with Gasteiger partial charge in [0.2, 0.25) is 5.43 Å². The molecule has 8 heteroatoms. The molecule has 0 N–H and O–H groups in total. The first-order valence-electron chi connectivity index (χ1n) is 8.31. The fraction of sp³-hybridized carbons (Fsp3) is 0.150. The molecule has 0 spiro atoms. The fourth-order valence-corrected chi connectivity index (χ4v) is 2.77. The van der Waals surface area contributed by atoms with Crippen LogP contribution < -0.4 is 10.3 Å². The number of halogens is 3. The van der Waals surface area contributed by atoms with E-state index in [2.05, 4.69) is 5.10 Å². The smallest absolute Gasteiger partial charge is 0.310 e. The molecule has 1 heterocycles. The van der Waals surface area contributed by atoms with Crippen LogP contribution in [0.5, 0.6) is 0 Å². The van der Waals surface area contributed by atoms with E-state index in [9.17, 15) is 22.8 Å². The van der Waals surface area contributed by atoms with Gasteiger partial charge in [0.15, 0.2) is 5.69 Å². The highest BCUT2D eigenvalue weighted by molar-refractivity contribution is 6.04. The van der Waals surface area contributed by atoms with E-state index in [1.807, 2.05) is 0 Å². The number of hydrogen-bond donors (Lipinski definition) is 0. The zero-order valence-corrected chi connectivity index (χ0v) is 15.1. The lowest BCUT2D eigenvalue weighted by Crippen LogP contribution is -2.33. The summed E-state index contributed by atoms with van der Waals surface area (Å²) in [6.07, 6.45) is -4.61. The van der Waals surface area contributed by atoms with Crippen LogP contribution in [0.3, 0.4) is 0 Å². The molecule has 0 aliphatic carbocycles. The maximum absolute atomic E-state index is 13.4. The summed E-state index contributed by atoms with van der Waals surface area (Å²) in [5, 5.41) is 3.98. The second-order valence-electron chi connectivity index (χ2n) is 6.13. The second kappa shape index (κ2) is 7.30. The molecule has 1 amide bonds. The van der Waals surface area contributed by atoms with E-state index in [1.165, 1.54) is 37.1 Å². The van der Waals surface area contributed by atoms with Gasteiger partial charge in [-0.3, -0.25) is 9.59 Å². The minimum Gasteiger partial charge on any atom is -0.310 e. The number of carbonyl (C=O) groups excluding carboxylic acids is 1. The van der Waals surface area contributed by atoms with Gasteiger partial charge in [0.1, 0.15) is 0 Å². The van der Waals surface area contributed by atoms with E-state index in [0.717, 1.165) is 16.8 Å². The SMILES string of the molecule is Cc1cc(=O)c(C(=O)N(C)c2ccccc2)nn1-c1ccccc1C(F)(F)F. The number of amides is 1. The van der Waals surface area contributed by atoms with Crippen molar-refractivity contribution in [3.8, 4) is 5.69 Å². The summed E-state index contributed by atoms with van der Waals surface area (Å²) < 4.78 is 41.1. The Kier molecular flexibility index (Phi) is 5.04. The molecule has 0 aliphatic rings. The van der Waals surface area contributed by atoms with Crippen LogP contribution >= 0.6 is 0 Å². The number of para-hydroxylation sites is 2. The van der Waals surface area contributed by atoms with Gasteiger partial charge < -0.3 is 4.90 Å². The van der Waals surface area contributed by atoms with Gasteiger partial charge in [0, 0.05) is 24.5 Å². The fourth-order valence-electron chi connectivity index (χ4n) is 2.77. The first kappa shape index (κ1) is 19.3. The molecule has 5 nitrogen and oxygen atoms in total. The lowest BCUT2D eigenvalue weighted by molar-refractivity contribution is -0.137. The summed E-state index contributed by atoms with van der Waals surface area (Å²) in [5.41, 5.74) is -1.59. The maximum atomic E-state index is 13.4. The molecule has 0 fully saturated rings. The van der Waals surface area contributed by atoms with Gasteiger partial charge in [-0.05, 0) is 31.2 Å². The Bertz CT molecular complexity index is 1080.